The molecule has 0 radical (unpaired) electrons. The summed E-state index contributed by atoms with van der Waals surface area (Å²) in [5.74, 6) is -11.8. The number of Topliss-reactive ketones (excluding diaryl/α,β-unsaturated/α-hetero) is 4. The maximum Gasteiger partial charge on any atom is 0.235 e. The molecular weight excluding hydrogens is 464 g/mol. The molecule has 4 aliphatic rings. The number of nitrogen functional groups attached to an aromatic ring is 1. The largest absolute Gasteiger partial charge is 0.505 e. The van der Waals surface area contributed by atoms with Crippen molar-refractivity contribution in [3.05, 3.63) is 41.0 Å². The smallest absolute Gasteiger partial charge is 0.235 e. The molecule has 0 spiro atoms. The molecule has 6 N–H and O–H groups in total. The number of amides is 1. The normalized spacial score (nSPS) is 33.3. The van der Waals surface area contributed by atoms with E-state index in [0.717, 1.165) is 5.57 Å². The highest BCUT2D eigenvalue weighted by Crippen LogP contribution is 2.54. The van der Waals surface area contributed by atoms with Gasteiger partial charge in [0.1, 0.15) is 5.75 Å². The quantitative estimate of drug-likeness (QED) is 0.275. The maximum absolute atomic E-state index is 13.8. The molecular formula is C27H28N2O7. The Morgan fingerprint density at radius 2 is 1.86 bits per heavy atom. The summed E-state index contributed by atoms with van der Waals surface area (Å²) in [4.78, 5) is 66.1. The predicted molar refractivity (Wildman–Crippen MR) is 128 cm³/mol. The Labute approximate surface area is 207 Å². The van der Waals surface area contributed by atoms with E-state index in [1.54, 1.807) is 19.9 Å². The lowest BCUT2D eigenvalue weighted by atomic mass is 9.49. The van der Waals surface area contributed by atoms with Crippen molar-refractivity contribution in [1.82, 2.24) is 0 Å². The third-order valence-corrected chi connectivity index (χ3v) is 8.42. The topological polar surface area (TPSA) is 178 Å². The molecule has 0 aromatic heterocycles. The van der Waals surface area contributed by atoms with Crippen LogP contribution in [0.15, 0.2) is 24.3 Å². The van der Waals surface area contributed by atoms with E-state index >= 15 is 0 Å². The number of hydrogen-bond acceptors (Lipinski definition) is 8. The number of phenols is 1. The molecule has 0 heterocycles. The molecule has 5 rings (SSSR count). The number of fused-ring (bicyclic) bond motifs is 3. The summed E-state index contributed by atoms with van der Waals surface area (Å²) in [6.45, 7) is 3.43. The van der Waals surface area contributed by atoms with E-state index in [1.807, 2.05) is 18.2 Å². The van der Waals surface area contributed by atoms with Gasteiger partial charge in [0, 0.05) is 11.8 Å². The highest BCUT2D eigenvalue weighted by Gasteiger charge is 2.69. The van der Waals surface area contributed by atoms with Gasteiger partial charge >= 0.3 is 0 Å². The Morgan fingerprint density at radius 3 is 2.44 bits per heavy atom. The SMILES string of the molecule is CC(C)[C@@H]1C(=O)C(C(N)=O)C(=O)[C@@]2(O)C(=O)C3C(=O)c4c(O)c(N)cc(C5=CCC=C5)c4C[C@H]3C[C@@H]12. The average Bonchev–Trinajstić information content (AvgIpc) is 3.33. The van der Waals surface area contributed by atoms with Crippen molar-refractivity contribution >= 4 is 40.3 Å². The van der Waals surface area contributed by atoms with Gasteiger partial charge in [-0.2, -0.15) is 0 Å². The Morgan fingerprint density at radius 1 is 1.17 bits per heavy atom. The van der Waals surface area contributed by atoms with Crippen molar-refractivity contribution in [3.63, 3.8) is 0 Å². The third-order valence-electron chi connectivity index (χ3n) is 8.42. The number of carbonyl (C=O) groups is 5. The summed E-state index contributed by atoms with van der Waals surface area (Å²) in [7, 11) is 0. The molecule has 9 nitrogen and oxygen atoms in total. The number of aromatic hydroxyl groups is 1. The molecule has 0 aliphatic heterocycles. The zero-order valence-electron chi connectivity index (χ0n) is 20.0. The number of rotatable bonds is 3. The third kappa shape index (κ3) is 3.01. The maximum atomic E-state index is 13.8. The molecule has 2 unspecified atom stereocenters. The standard InChI is InChI=1S/C27H28N2O7/c1-10(2)17-15-8-12-7-14-13(11-5-3-4-6-11)9-16(28)21(30)19(14)23(32)18(12)24(33)27(15,36)25(34)20(22(17)31)26(29)35/h3,5-6,9-10,12,15,17-18,20,30,36H,4,7-8,28H2,1-2H3,(H2,29,35)/t12-,15-,17-,18?,20?,27-/m0/s1. The molecule has 2 saturated carbocycles. The molecule has 188 valence electrons. The Bertz CT molecular complexity index is 1320. The average molecular weight is 493 g/mol. The van der Waals surface area contributed by atoms with Crippen LogP contribution >= 0.6 is 0 Å². The fourth-order valence-electron chi connectivity index (χ4n) is 6.86. The van der Waals surface area contributed by atoms with Gasteiger partial charge in [0.05, 0.1) is 17.2 Å². The van der Waals surface area contributed by atoms with Gasteiger partial charge < -0.3 is 21.7 Å². The van der Waals surface area contributed by atoms with Crippen LogP contribution < -0.4 is 11.5 Å². The molecule has 1 amide bonds. The zero-order valence-corrected chi connectivity index (χ0v) is 20.0. The number of hydrogen-bond donors (Lipinski definition) is 4. The van der Waals surface area contributed by atoms with Gasteiger partial charge in [-0.1, -0.05) is 32.1 Å². The van der Waals surface area contributed by atoms with E-state index in [4.69, 9.17) is 11.5 Å². The summed E-state index contributed by atoms with van der Waals surface area (Å²) in [6.07, 6.45) is 6.77. The van der Waals surface area contributed by atoms with Crippen LogP contribution in [0.1, 0.15) is 48.2 Å². The first kappa shape index (κ1) is 24.1. The first-order valence-electron chi connectivity index (χ1n) is 12.1. The Kier molecular flexibility index (Phi) is 5.33. The van der Waals surface area contributed by atoms with Gasteiger partial charge in [0.25, 0.3) is 0 Å². The van der Waals surface area contributed by atoms with Crippen LogP contribution in [-0.2, 0) is 25.6 Å². The number of allylic oxidation sites excluding steroid dienone is 4. The lowest BCUT2D eigenvalue weighted by Gasteiger charge is -2.52. The van der Waals surface area contributed by atoms with Gasteiger partial charge in [-0.15, -0.1) is 0 Å². The number of ketones is 4. The minimum Gasteiger partial charge on any atom is -0.505 e. The lowest BCUT2D eigenvalue weighted by Crippen LogP contribution is -2.71. The number of aliphatic hydroxyl groups is 1. The number of carbonyl (C=O) groups excluding carboxylic acids is 5. The molecule has 4 aliphatic carbocycles. The summed E-state index contributed by atoms with van der Waals surface area (Å²) in [6, 6.07) is 1.60. The second-order valence-corrected chi connectivity index (χ2v) is 10.7. The van der Waals surface area contributed by atoms with Crippen molar-refractivity contribution in [2.45, 2.75) is 38.7 Å². The van der Waals surface area contributed by atoms with Gasteiger partial charge in [0.15, 0.2) is 34.7 Å². The first-order valence-corrected chi connectivity index (χ1v) is 12.1. The van der Waals surface area contributed by atoms with Crippen LogP contribution in [0.4, 0.5) is 5.69 Å². The summed E-state index contributed by atoms with van der Waals surface area (Å²) >= 11 is 0. The highest BCUT2D eigenvalue weighted by atomic mass is 16.3. The highest BCUT2D eigenvalue weighted by molar-refractivity contribution is 6.32. The number of anilines is 1. The van der Waals surface area contributed by atoms with E-state index in [-0.39, 0.29) is 24.1 Å². The number of nitrogens with two attached hydrogens (primary N) is 2. The van der Waals surface area contributed by atoms with Crippen molar-refractivity contribution in [2.75, 3.05) is 5.73 Å². The second kappa shape index (κ2) is 7.96. The van der Waals surface area contributed by atoms with Crippen LogP contribution in [0.5, 0.6) is 5.75 Å². The van der Waals surface area contributed by atoms with E-state index in [0.29, 0.717) is 17.5 Å². The molecule has 1 aromatic carbocycles. The predicted octanol–water partition coefficient (Wildman–Crippen LogP) is 1.13. The molecule has 0 saturated heterocycles. The van der Waals surface area contributed by atoms with Crippen molar-refractivity contribution in [1.29, 1.82) is 0 Å². The van der Waals surface area contributed by atoms with Gasteiger partial charge in [-0.05, 0) is 53.9 Å². The van der Waals surface area contributed by atoms with E-state index < -0.39 is 75.9 Å². The fourth-order valence-corrected chi connectivity index (χ4v) is 6.86. The monoisotopic (exact) mass is 492 g/mol. The molecule has 6 atom stereocenters. The Balaban J connectivity index is 1.68. The molecule has 0 bridgehead atoms. The van der Waals surface area contributed by atoms with Crippen molar-refractivity contribution in [3.8, 4) is 5.75 Å². The van der Waals surface area contributed by atoms with Crippen LogP contribution in [0, 0.1) is 35.5 Å². The minimum atomic E-state index is -2.70. The van der Waals surface area contributed by atoms with Crippen LogP contribution in [0.2, 0.25) is 0 Å². The number of primary amides is 1. The summed E-state index contributed by atoms with van der Waals surface area (Å²) in [5.41, 5.74) is 10.6. The zero-order chi connectivity index (χ0) is 26.3. The molecule has 1 aromatic rings. The lowest BCUT2D eigenvalue weighted by molar-refractivity contribution is -0.182. The van der Waals surface area contributed by atoms with Gasteiger partial charge in [0.2, 0.25) is 5.91 Å². The van der Waals surface area contributed by atoms with Crippen LogP contribution in [0.25, 0.3) is 5.57 Å². The fraction of sp³-hybridized carbons (Fsp3) is 0.444. The molecule has 9 heteroatoms. The molecule has 36 heavy (non-hydrogen) atoms. The van der Waals surface area contributed by atoms with E-state index in [1.165, 1.54) is 0 Å². The van der Waals surface area contributed by atoms with Crippen LogP contribution in [-0.4, -0.2) is 44.9 Å². The summed E-state index contributed by atoms with van der Waals surface area (Å²) < 4.78 is 0. The first-order chi connectivity index (χ1) is 16.9. The van der Waals surface area contributed by atoms with E-state index in [2.05, 4.69) is 0 Å². The number of phenolic OH excluding ortho intramolecular Hbond substituents is 1. The van der Waals surface area contributed by atoms with Crippen LogP contribution in [0.3, 0.4) is 0 Å². The van der Waals surface area contributed by atoms with E-state index in [9.17, 15) is 34.2 Å². The minimum absolute atomic E-state index is 0.0235. The van der Waals surface area contributed by atoms with Crippen molar-refractivity contribution < 1.29 is 34.2 Å². The summed E-state index contributed by atoms with van der Waals surface area (Å²) in [5, 5.41) is 22.4. The van der Waals surface area contributed by atoms with Crippen molar-refractivity contribution in [2.24, 2.45) is 41.2 Å². The second-order valence-electron chi connectivity index (χ2n) is 10.7. The van der Waals surface area contributed by atoms with Gasteiger partial charge in [-0.25, -0.2) is 0 Å². The van der Waals surface area contributed by atoms with Gasteiger partial charge in [-0.3, -0.25) is 24.0 Å². The molecule has 2 fully saturated rings. The Hall–Kier alpha value is -3.59. The number of benzene rings is 1.